The van der Waals surface area contributed by atoms with Gasteiger partial charge in [-0.1, -0.05) is 39.5 Å². The number of carboxylic acid groups (broad SMARTS) is 2. The number of unbranched alkanes of at least 4 members (excludes halogenated alkanes) is 2. The summed E-state index contributed by atoms with van der Waals surface area (Å²) in [6.07, 6.45) is 2.78. The predicted octanol–water partition coefficient (Wildman–Crippen LogP) is -2.28. The van der Waals surface area contributed by atoms with Crippen molar-refractivity contribution in [3.05, 3.63) is 0 Å². The second-order valence-corrected chi connectivity index (χ2v) is 4.62. The Bertz CT molecular complexity index is 272. The van der Waals surface area contributed by atoms with Crippen molar-refractivity contribution in [2.45, 2.75) is 66.2 Å². The van der Waals surface area contributed by atoms with Gasteiger partial charge < -0.3 is 30.0 Å². The van der Waals surface area contributed by atoms with Crippen LogP contribution in [0, 0.1) is 0 Å². The summed E-state index contributed by atoms with van der Waals surface area (Å²) in [5.41, 5.74) is 0. The van der Waals surface area contributed by atoms with Crippen LogP contribution in [-0.4, -0.2) is 36.7 Å². The van der Waals surface area contributed by atoms with Gasteiger partial charge in [0.15, 0.2) is 0 Å². The van der Waals surface area contributed by atoms with Gasteiger partial charge in [0.1, 0.15) is 11.6 Å². The van der Waals surface area contributed by atoms with Gasteiger partial charge in [0.05, 0.1) is 0 Å². The van der Waals surface area contributed by atoms with Gasteiger partial charge in [-0.2, -0.15) is 0 Å². The van der Waals surface area contributed by atoms with E-state index in [-0.39, 0.29) is 51.0 Å². The van der Waals surface area contributed by atoms with E-state index in [0.29, 0.717) is 0 Å². The van der Waals surface area contributed by atoms with Crippen LogP contribution in [0.25, 0.3) is 0 Å². The number of carbonyl (C=O) groups is 4. The van der Waals surface area contributed by atoms with Gasteiger partial charge in [-0.25, -0.2) is 0 Å². The van der Waals surface area contributed by atoms with E-state index in [9.17, 15) is 39.6 Å². The third-order valence-electron chi connectivity index (χ3n) is 1.78. The largest absolute Gasteiger partial charge is 4.00 e. The Labute approximate surface area is 168 Å². The summed E-state index contributed by atoms with van der Waals surface area (Å²) >= 11 is 0. The Morgan fingerprint density at radius 2 is 0.920 bits per heavy atom. The van der Waals surface area contributed by atoms with E-state index in [4.69, 9.17) is 0 Å². The molecule has 0 amide bonds. The third kappa shape index (κ3) is 83.5. The monoisotopic (exact) mass is 438 g/mol. The van der Waals surface area contributed by atoms with Gasteiger partial charge in [-0.3, -0.25) is 9.59 Å². The van der Waals surface area contributed by atoms with Gasteiger partial charge in [-0.05, 0) is 13.8 Å². The molecule has 0 radical (unpaired) electrons. The summed E-state index contributed by atoms with van der Waals surface area (Å²) in [6, 6.07) is 0. The van der Waals surface area contributed by atoms with E-state index in [1.165, 1.54) is 13.8 Å². The Hall–Kier alpha value is -0.917. The van der Waals surface area contributed by atoms with E-state index >= 15 is 0 Å². The van der Waals surface area contributed by atoms with Crippen LogP contribution in [0.1, 0.15) is 66.2 Å². The molecule has 0 aromatic heterocycles. The molecule has 144 valence electrons. The fourth-order valence-electron chi connectivity index (χ4n) is 0.695. The molecule has 0 heterocycles. The zero-order valence-electron chi connectivity index (χ0n) is 15.4. The summed E-state index contributed by atoms with van der Waals surface area (Å²) in [5.74, 6) is -3.37. The van der Waals surface area contributed by atoms with Crippen LogP contribution in [0.3, 0.4) is 0 Å². The van der Waals surface area contributed by atoms with Crippen LogP contribution < -0.4 is 20.4 Å². The first-order chi connectivity index (χ1) is 11.1. The first kappa shape index (κ1) is 35.2. The maximum atomic E-state index is 9.83. The van der Waals surface area contributed by atoms with Crippen LogP contribution in [0.5, 0.6) is 0 Å². The molecule has 9 heteroatoms. The summed E-state index contributed by atoms with van der Waals surface area (Å²) in [4.78, 5) is 38.6. The topological polar surface area (TPSA) is 161 Å². The first-order valence-corrected chi connectivity index (χ1v) is 7.63. The Morgan fingerprint density at radius 1 is 0.680 bits per heavy atom. The molecule has 0 aliphatic rings. The number of Topliss-reactive ketones (excluding diaryl/α,β-unsaturated/α-hetero) is 2. The Kier molecular flexibility index (Phi) is 43.6. The van der Waals surface area contributed by atoms with Crippen LogP contribution in [0.2, 0.25) is 0 Å². The fraction of sp³-hybridized carbons (Fsp3) is 0.750. The Balaban J connectivity index is -0.0000000711. The molecule has 8 nitrogen and oxygen atoms in total. The number of carbonyl (C=O) groups excluding carboxylic acids is 4. The van der Waals surface area contributed by atoms with Gasteiger partial charge >= 0.3 is 26.2 Å². The minimum Gasteiger partial charge on any atom is -0.854 e. The minimum absolute atomic E-state index is 0. The second kappa shape index (κ2) is 30.9. The molecule has 0 rings (SSSR count). The van der Waals surface area contributed by atoms with Crippen molar-refractivity contribution >= 4 is 23.5 Å². The number of ketones is 2. The van der Waals surface area contributed by atoms with Gasteiger partial charge in [-0.15, -0.1) is 13.2 Å². The molecule has 0 fully saturated rings. The van der Waals surface area contributed by atoms with Crippen molar-refractivity contribution in [2.75, 3.05) is 13.2 Å². The molecular weight excluding hydrogens is 411 g/mol. The standard InChI is InChI=1S/2C4H6O3.2C4H9O.Zr/c2*1-3(5)2-4(6)7;2*1-2-3-4-5;/h2*2H2,1H3,(H,6,7);2*2-4H2,1H3;/q;;2*-1;+4/p-2. The molecule has 0 aromatic carbocycles. The molecule has 0 N–H and O–H groups in total. The maximum absolute atomic E-state index is 9.83. The quantitative estimate of drug-likeness (QED) is 0.382. The van der Waals surface area contributed by atoms with Crippen LogP contribution in [-0.2, 0) is 45.4 Å². The van der Waals surface area contributed by atoms with E-state index < -0.39 is 24.8 Å². The number of hydrogen-bond acceptors (Lipinski definition) is 8. The number of rotatable bonds is 8. The van der Waals surface area contributed by atoms with E-state index in [1.54, 1.807) is 0 Å². The molecule has 0 aromatic rings. The molecule has 0 aliphatic heterocycles. The molecule has 0 unspecified atom stereocenters. The fourth-order valence-corrected chi connectivity index (χ4v) is 0.695. The minimum atomic E-state index is -1.31. The molecule has 0 spiro atoms. The van der Waals surface area contributed by atoms with E-state index in [0.717, 1.165) is 25.7 Å². The molecule has 0 saturated heterocycles. The predicted molar refractivity (Wildman–Crippen MR) is 80.2 cm³/mol. The summed E-state index contributed by atoms with van der Waals surface area (Å²) in [5, 5.41) is 38.0. The molecule has 0 saturated carbocycles. The summed E-state index contributed by atoms with van der Waals surface area (Å²) in [7, 11) is 0. The first-order valence-electron chi connectivity index (χ1n) is 7.63. The van der Waals surface area contributed by atoms with Crippen molar-refractivity contribution in [2.24, 2.45) is 0 Å². The molecular formula is C16H28O8Zr. The SMILES string of the molecule is CC(=O)CC(=O)[O-].CC(=O)CC(=O)[O-].CCCC[O-].CCCC[O-].[Zr+4]. The number of aliphatic carboxylic acids is 2. The maximum Gasteiger partial charge on any atom is 4.00 e. The number of hydrogen-bond donors (Lipinski definition) is 0. The molecule has 0 atom stereocenters. The second-order valence-electron chi connectivity index (χ2n) is 4.62. The van der Waals surface area contributed by atoms with Crippen molar-refractivity contribution in [3.8, 4) is 0 Å². The molecule has 0 bridgehead atoms. The Morgan fingerprint density at radius 3 is 0.920 bits per heavy atom. The summed E-state index contributed by atoms with van der Waals surface area (Å²) < 4.78 is 0. The summed E-state index contributed by atoms with van der Waals surface area (Å²) in [6.45, 7) is 6.62. The molecule has 0 aliphatic carbocycles. The average Bonchev–Trinajstić information content (AvgIpc) is 2.39. The van der Waals surface area contributed by atoms with Crippen LogP contribution >= 0.6 is 0 Å². The van der Waals surface area contributed by atoms with E-state index in [2.05, 4.69) is 0 Å². The average molecular weight is 440 g/mol. The van der Waals surface area contributed by atoms with Crippen molar-refractivity contribution in [3.63, 3.8) is 0 Å². The van der Waals surface area contributed by atoms with Gasteiger partial charge in [0.25, 0.3) is 0 Å². The number of carboxylic acids is 2. The smallest absolute Gasteiger partial charge is 0.854 e. The van der Waals surface area contributed by atoms with Crippen molar-refractivity contribution in [1.82, 2.24) is 0 Å². The van der Waals surface area contributed by atoms with Gasteiger partial charge in [0.2, 0.25) is 0 Å². The third-order valence-corrected chi connectivity index (χ3v) is 1.78. The van der Waals surface area contributed by atoms with E-state index in [1.807, 2.05) is 13.8 Å². The van der Waals surface area contributed by atoms with Crippen LogP contribution in [0.15, 0.2) is 0 Å². The zero-order valence-corrected chi connectivity index (χ0v) is 17.9. The van der Waals surface area contributed by atoms with Crippen molar-refractivity contribution < 1.29 is 65.8 Å². The molecule has 25 heavy (non-hydrogen) atoms. The van der Waals surface area contributed by atoms with Gasteiger partial charge in [0, 0.05) is 24.8 Å². The van der Waals surface area contributed by atoms with Crippen LogP contribution in [0.4, 0.5) is 0 Å². The van der Waals surface area contributed by atoms with Crippen molar-refractivity contribution in [1.29, 1.82) is 0 Å². The zero-order chi connectivity index (χ0) is 20.0. The normalized spacial score (nSPS) is 7.92.